The average Bonchev–Trinajstić information content (AvgIpc) is 2.52. The number of hydrogen-bond donors (Lipinski definition) is 1. The third kappa shape index (κ3) is 3.69. The van der Waals surface area contributed by atoms with Gasteiger partial charge >= 0.3 is 5.97 Å². The molecule has 0 saturated carbocycles. The van der Waals surface area contributed by atoms with Crippen molar-refractivity contribution in [1.29, 1.82) is 0 Å². The summed E-state index contributed by atoms with van der Waals surface area (Å²) in [5.74, 6) is -0.898. The molecule has 1 aliphatic heterocycles. The van der Waals surface area contributed by atoms with Crippen LogP contribution in [0, 0.1) is 0 Å². The second-order valence-electron chi connectivity index (χ2n) is 3.54. The fourth-order valence-electron chi connectivity index (χ4n) is 1.42. The Bertz CT molecular complexity index is 275. The number of hydrogen-bond acceptors (Lipinski definition) is 4. The van der Waals surface area contributed by atoms with Crippen LogP contribution in [0.1, 0.15) is 32.6 Å². The Morgan fingerprint density at radius 3 is 2.80 bits per heavy atom. The van der Waals surface area contributed by atoms with E-state index >= 15 is 0 Å². The first-order valence-electron chi connectivity index (χ1n) is 5.11. The number of carbonyl (C=O) groups excluding carboxylic acids is 3. The molecule has 0 bridgehead atoms. The van der Waals surface area contributed by atoms with Crippen molar-refractivity contribution in [2.24, 2.45) is 0 Å². The largest absolute Gasteiger partial charge is 0.464 e. The lowest BCUT2D eigenvalue weighted by molar-refractivity contribution is -0.142. The number of rotatable bonds is 5. The van der Waals surface area contributed by atoms with Crippen LogP contribution in [0.4, 0.5) is 0 Å². The molecule has 0 radical (unpaired) electrons. The van der Waals surface area contributed by atoms with Crippen LogP contribution < -0.4 is 5.32 Å². The number of esters is 1. The van der Waals surface area contributed by atoms with Crippen molar-refractivity contribution in [3.05, 3.63) is 0 Å². The molecule has 15 heavy (non-hydrogen) atoms. The first kappa shape index (κ1) is 11.7. The van der Waals surface area contributed by atoms with Crippen LogP contribution in [0.5, 0.6) is 0 Å². The third-order valence-electron chi connectivity index (χ3n) is 2.16. The molecule has 0 aliphatic carbocycles. The van der Waals surface area contributed by atoms with E-state index in [-0.39, 0.29) is 12.2 Å². The Morgan fingerprint density at radius 1 is 1.53 bits per heavy atom. The summed E-state index contributed by atoms with van der Waals surface area (Å²) in [6.45, 7) is 2.22. The van der Waals surface area contributed by atoms with Gasteiger partial charge in [0.15, 0.2) is 0 Å². The summed E-state index contributed by atoms with van der Waals surface area (Å²) in [5, 5.41) is 2.48. The Hall–Kier alpha value is -1.39. The van der Waals surface area contributed by atoms with E-state index in [0.717, 1.165) is 6.42 Å². The van der Waals surface area contributed by atoms with Crippen molar-refractivity contribution in [3.63, 3.8) is 0 Å². The zero-order valence-corrected chi connectivity index (χ0v) is 8.75. The van der Waals surface area contributed by atoms with Crippen molar-refractivity contribution >= 4 is 17.7 Å². The van der Waals surface area contributed by atoms with Gasteiger partial charge in [0.25, 0.3) is 0 Å². The first-order chi connectivity index (χ1) is 7.13. The van der Waals surface area contributed by atoms with Gasteiger partial charge in [0.1, 0.15) is 11.8 Å². The lowest BCUT2D eigenvalue weighted by Crippen LogP contribution is -2.38. The molecule has 84 valence electrons. The predicted molar refractivity (Wildman–Crippen MR) is 52.0 cm³/mol. The Morgan fingerprint density at radius 2 is 2.27 bits per heavy atom. The van der Waals surface area contributed by atoms with Crippen LogP contribution in [-0.4, -0.2) is 30.3 Å². The highest BCUT2D eigenvalue weighted by molar-refractivity contribution is 5.99. The van der Waals surface area contributed by atoms with E-state index in [1.165, 1.54) is 0 Å². The number of ketones is 1. The summed E-state index contributed by atoms with van der Waals surface area (Å²) in [7, 11) is 0. The smallest absolute Gasteiger partial charge is 0.328 e. The summed E-state index contributed by atoms with van der Waals surface area (Å²) in [6.07, 6.45) is 1.49. The van der Waals surface area contributed by atoms with E-state index < -0.39 is 17.9 Å². The van der Waals surface area contributed by atoms with E-state index in [0.29, 0.717) is 19.4 Å². The van der Waals surface area contributed by atoms with Crippen LogP contribution >= 0.6 is 0 Å². The monoisotopic (exact) mass is 213 g/mol. The highest BCUT2D eigenvalue weighted by Crippen LogP contribution is 2.06. The van der Waals surface area contributed by atoms with Gasteiger partial charge in [-0.15, -0.1) is 0 Å². The summed E-state index contributed by atoms with van der Waals surface area (Å²) < 4.78 is 4.68. The molecule has 0 aromatic carbocycles. The topological polar surface area (TPSA) is 72.5 Å². The minimum atomic E-state index is -0.563. The number of ether oxygens (including phenoxy) is 1. The van der Waals surface area contributed by atoms with Crippen LogP contribution in [0.15, 0.2) is 0 Å². The molecular weight excluding hydrogens is 198 g/mol. The van der Waals surface area contributed by atoms with Gasteiger partial charge in [-0.1, -0.05) is 6.92 Å². The molecule has 0 spiro atoms. The van der Waals surface area contributed by atoms with Crippen LogP contribution in [0.3, 0.4) is 0 Å². The maximum absolute atomic E-state index is 11.3. The molecule has 0 aromatic rings. The summed E-state index contributed by atoms with van der Waals surface area (Å²) in [5.41, 5.74) is 0. The Balaban J connectivity index is 2.29. The second kappa shape index (κ2) is 5.48. The van der Waals surface area contributed by atoms with Crippen molar-refractivity contribution in [3.8, 4) is 0 Å². The van der Waals surface area contributed by atoms with Crippen molar-refractivity contribution in [1.82, 2.24) is 5.32 Å². The lowest BCUT2D eigenvalue weighted by atomic mass is 10.1. The fourth-order valence-corrected chi connectivity index (χ4v) is 1.42. The second-order valence-corrected chi connectivity index (χ2v) is 3.54. The average molecular weight is 213 g/mol. The van der Waals surface area contributed by atoms with E-state index in [2.05, 4.69) is 10.1 Å². The van der Waals surface area contributed by atoms with Crippen molar-refractivity contribution in [2.75, 3.05) is 6.61 Å². The maximum Gasteiger partial charge on any atom is 0.328 e. The van der Waals surface area contributed by atoms with Gasteiger partial charge in [0, 0.05) is 12.8 Å². The minimum Gasteiger partial charge on any atom is -0.464 e. The standard InChI is InChI=1S/C10H15NO4/c1-2-3-7(12)6-9(13)11-8-4-5-15-10(8)14/h8H,2-6H2,1H3,(H,11,13)/t8-/m0/s1. The number of amides is 1. The van der Waals surface area contributed by atoms with E-state index in [9.17, 15) is 14.4 Å². The summed E-state index contributed by atoms with van der Waals surface area (Å²) in [6, 6.07) is -0.563. The molecule has 1 saturated heterocycles. The molecule has 0 aromatic heterocycles. The van der Waals surface area contributed by atoms with Crippen molar-refractivity contribution < 1.29 is 19.1 Å². The van der Waals surface area contributed by atoms with Gasteiger partial charge < -0.3 is 10.1 Å². The predicted octanol–water partition coefficient (Wildman–Crippen LogP) is 0.177. The van der Waals surface area contributed by atoms with E-state index in [1.807, 2.05) is 6.92 Å². The minimum absolute atomic E-state index is 0.0960. The molecule has 0 unspecified atom stereocenters. The first-order valence-corrected chi connectivity index (χ1v) is 5.11. The zero-order valence-electron chi connectivity index (χ0n) is 8.75. The number of Topliss-reactive ketones (excluding diaryl/α,β-unsaturated/α-hetero) is 1. The Kier molecular flexibility index (Phi) is 4.27. The molecule has 1 fully saturated rings. The SMILES string of the molecule is CCCC(=O)CC(=O)N[C@H]1CCOC1=O. The Labute approximate surface area is 88.2 Å². The van der Waals surface area contributed by atoms with Gasteiger partial charge in [-0.2, -0.15) is 0 Å². The normalized spacial score (nSPS) is 19.8. The third-order valence-corrected chi connectivity index (χ3v) is 2.16. The molecule has 1 N–H and O–H groups in total. The van der Waals surface area contributed by atoms with E-state index in [4.69, 9.17) is 0 Å². The fraction of sp³-hybridized carbons (Fsp3) is 0.700. The van der Waals surface area contributed by atoms with Crippen LogP contribution in [0.2, 0.25) is 0 Å². The maximum atomic E-state index is 11.3. The molecule has 5 heteroatoms. The highest BCUT2D eigenvalue weighted by Gasteiger charge is 2.28. The van der Waals surface area contributed by atoms with Crippen LogP contribution in [-0.2, 0) is 19.1 Å². The summed E-state index contributed by atoms with van der Waals surface area (Å²) >= 11 is 0. The summed E-state index contributed by atoms with van der Waals surface area (Å²) in [4.78, 5) is 33.4. The molecule has 1 rings (SSSR count). The van der Waals surface area contributed by atoms with Gasteiger partial charge in [-0.3, -0.25) is 9.59 Å². The van der Waals surface area contributed by atoms with Crippen molar-refractivity contribution in [2.45, 2.75) is 38.6 Å². The van der Waals surface area contributed by atoms with Crippen LogP contribution in [0.25, 0.3) is 0 Å². The molecular formula is C10H15NO4. The molecule has 1 atom stereocenters. The number of nitrogens with one attached hydrogen (secondary N) is 1. The number of cyclic esters (lactones) is 1. The zero-order chi connectivity index (χ0) is 11.3. The number of carbonyl (C=O) groups is 3. The van der Waals surface area contributed by atoms with Gasteiger partial charge in [-0.05, 0) is 6.42 Å². The van der Waals surface area contributed by atoms with Gasteiger partial charge in [-0.25, -0.2) is 4.79 Å². The molecule has 1 heterocycles. The van der Waals surface area contributed by atoms with Gasteiger partial charge in [0.05, 0.1) is 13.0 Å². The molecule has 5 nitrogen and oxygen atoms in total. The lowest BCUT2D eigenvalue weighted by Gasteiger charge is -2.07. The van der Waals surface area contributed by atoms with Gasteiger partial charge in [0.2, 0.25) is 5.91 Å². The molecule has 1 aliphatic rings. The quantitative estimate of drug-likeness (QED) is 0.522. The highest BCUT2D eigenvalue weighted by atomic mass is 16.5. The molecule has 1 amide bonds. The van der Waals surface area contributed by atoms with E-state index in [1.54, 1.807) is 0 Å².